The summed E-state index contributed by atoms with van der Waals surface area (Å²) in [4.78, 5) is 48.5. The van der Waals surface area contributed by atoms with Crippen LogP contribution < -0.4 is 10.9 Å². The van der Waals surface area contributed by atoms with E-state index in [0.29, 0.717) is 5.56 Å². The molecule has 6 unspecified atom stereocenters. The summed E-state index contributed by atoms with van der Waals surface area (Å²) in [6, 6.07) is 11.9. The molecular weight excluding hydrogens is 838 g/mol. The third-order valence-electron chi connectivity index (χ3n) is 10.1. The van der Waals surface area contributed by atoms with Crippen molar-refractivity contribution >= 4 is 49.5 Å². The van der Waals surface area contributed by atoms with Crippen LogP contribution in [-0.4, -0.2) is 107 Å². The maximum atomic E-state index is 17.3. The van der Waals surface area contributed by atoms with Gasteiger partial charge in [-0.3, -0.25) is 36.9 Å². The Morgan fingerprint density at radius 1 is 0.950 bits per heavy atom. The van der Waals surface area contributed by atoms with E-state index in [1.165, 1.54) is 0 Å². The highest BCUT2D eigenvalue weighted by molar-refractivity contribution is 7.55. The van der Waals surface area contributed by atoms with Gasteiger partial charge < -0.3 is 28.8 Å². The molecule has 4 aromatic heterocycles. The van der Waals surface area contributed by atoms with Gasteiger partial charge in [-0.15, -0.1) is 0 Å². The Balaban J connectivity index is 1.15. The smallest absolute Gasteiger partial charge is 0.348 e. The number of benzene rings is 1. The molecule has 0 bridgehead atoms. The molecule has 0 saturated carbocycles. The fourth-order valence-corrected chi connectivity index (χ4v) is 10.6. The number of fused-ring (bicyclic) bond motifs is 4. The first-order valence-corrected chi connectivity index (χ1v) is 21.2. The van der Waals surface area contributed by atoms with Crippen LogP contribution >= 0.6 is 15.4 Å². The lowest BCUT2D eigenvalue weighted by atomic mass is 10.0. The number of ether oxygens (including phenoxy) is 2. The first-order valence-electron chi connectivity index (χ1n) is 18.1. The minimum atomic E-state index is -4.96. The molecule has 26 heteroatoms. The number of imidazole rings is 2. The molecule has 0 radical (unpaired) electrons. The van der Waals surface area contributed by atoms with E-state index in [2.05, 4.69) is 35.2 Å². The normalized spacial score (nSPS) is 31.8. The van der Waals surface area contributed by atoms with Crippen LogP contribution in [-0.2, 0) is 41.2 Å². The number of aromatic amines is 1. The fraction of sp³-hybridized carbons (Fsp3) is 0.441. The van der Waals surface area contributed by atoms with Crippen molar-refractivity contribution in [2.45, 2.75) is 68.0 Å². The first kappa shape index (κ1) is 41.3. The van der Waals surface area contributed by atoms with Crippen LogP contribution in [0.15, 0.2) is 60.4 Å². The van der Waals surface area contributed by atoms with Gasteiger partial charge in [0.25, 0.3) is 11.5 Å². The Bertz CT molecular complexity index is 2660. The number of alkyl halides is 2. The number of aromatic nitrogens is 8. The Kier molecular flexibility index (Phi) is 11.4. The Labute approximate surface area is 336 Å². The second kappa shape index (κ2) is 16.6. The highest BCUT2D eigenvalue weighted by Gasteiger charge is 2.68. The van der Waals surface area contributed by atoms with Crippen molar-refractivity contribution in [2.75, 3.05) is 31.7 Å². The zero-order valence-corrected chi connectivity index (χ0v) is 32.9. The van der Waals surface area contributed by atoms with Crippen molar-refractivity contribution in [3.63, 3.8) is 0 Å². The Morgan fingerprint density at radius 2 is 1.65 bits per heavy atom. The minimum Gasteiger partial charge on any atom is -0.348 e. The monoisotopic (exact) mass is 871 g/mol. The number of hydrogen-bond donors (Lipinski definition) is 2. The van der Waals surface area contributed by atoms with E-state index in [4.69, 9.17) is 32.1 Å². The van der Waals surface area contributed by atoms with Crippen molar-refractivity contribution in [1.29, 1.82) is 10.5 Å². The van der Waals surface area contributed by atoms with Gasteiger partial charge in [-0.25, -0.2) is 38.3 Å². The standard InChI is InChI=1S/C34H33F2N11O11P2/c1-34-21(57-33(26(34)36)47-18-44-24-29(47)41-16-42-31(24)49)14-55-60(51,53-12-6-10-38)58-25-20(13-54-59(34,50)52-11-5-9-37)56-32(22(25)35)46-17-43-23-27(39-15-40-28(23)46)45-30(48)19-7-3-2-4-8-19/h2-4,7-8,15-18,20-22,25-26,32-33H,5-6,11-14H2,1H3,(H,41,42,49)(H,39,40,45,48)/t20?,21?,22-,25-,26+,32?,33?,34+,59?,60?/m1/s1. The average Bonchev–Trinajstić information content (AvgIpc) is 4.01. The molecule has 7 heterocycles. The number of anilines is 1. The number of amides is 1. The maximum absolute atomic E-state index is 17.3. The largest absolute Gasteiger partial charge is 0.475 e. The van der Waals surface area contributed by atoms with Gasteiger partial charge in [-0.2, -0.15) is 10.5 Å². The summed E-state index contributed by atoms with van der Waals surface area (Å²) in [6.07, 6.45) is -9.33. The number of H-pyrrole nitrogens is 1. The van der Waals surface area contributed by atoms with Crippen LogP contribution in [0.5, 0.6) is 0 Å². The Morgan fingerprint density at radius 3 is 2.40 bits per heavy atom. The number of carbonyl (C=O) groups excluding carboxylic acids is 1. The van der Waals surface area contributed by atoms with Crippen LogP contribution in [0.4, 0.5) is 14.6 Å². The number of carbonyl (C=O) groups is 1. The highest BCUT2D eigenvalue weighted by atomic mass is 31.2. The molecule has 22 nitrogen and oxygen atoms in total. The summed E-state index contributed by atoms with van der Waals surface area (Å²) < 4.78 is 107. The summed E-state index contributed by atoms with van der Waals surface area (Å²) in [5.74, 6) is -0.524. The lowest BCUT2D eigenvalue weighted by molar-refractivity contribution is -0.0486. The van der Waals surface area contributed by atoms with Gasteiger partial charge in [-0.05, 0) is 19.1 Å². The Hall–Kier alpha value is -5.39. The molecule has 1 aromatic carbocycles. The number of nitrogens with zero attached hydrogens (tertiary/aromatic N) is 9. The molecule has 8 rings (SSSR count). The molecule has 0 spiro atoms. The number of hydrogen-bond acceptors (Lipinski definition) is 18. The third kappa shape index (κ3) is 7.29. The zero-order chi connectivity index (χ0) is 42.2. The fourth-order valence-electron chi connectivity index (χ4n) is 7.02. The summed E-state index contributed by atoms with van der Waals surface area (Å²) in [5, 5.41) is 18.8. The highest BCUT2D eigenvalue weighted by Crippen LogP contribution is 2.69. The average molecular weight is 872 g/mol. The van der Waals surface area contributed by atoms with Gasteiger partial charge in [0.15, 0.2) is 52.9 Å². The van der Waals surface area contributed by atoms with Crippen molar-refractivity contribution in [2.24, 2.45) is 0 Å². The summed E-state index contributed by atoms with van der Waals surface area (Å²) in [7, 11) is -9.89. The van der Waals surface area contributed by atoms with Gasteiger partial charge in [0.2, 0.25) is 0 Å². The van der Waals surface area contributed by atoms with Crippen LogP contribution in [0.1, 0.15) is 42.6 Å². The van der Waals surface area contributed by atoms with E-state index in [9.17, 15) is 24.7 Å². The van der Waals surface area contributed by atoms with E-state index in [-0.39, 0.29) is 41.0 Å². The van der Waals surface area contributed by atoms with Gasteiger partial charge in [0.05, 0.1) is 70.4 Å². The van der Waals surface area contributed by atoms with E-state index < -0.39 is 102 Å². The SMILES string of the molecule is C[C@@]12C(COP(=O)(OCCC#N)O[C@@H]3C(COP1(=O)OCCC#N)OC(n1cnc4c(NC(=O)c5ccccc5)ncnc41)[C@@H]3F)OC(n1cnc3c(=O)[nH]cnc31)[C@@H]2F. The summed E-state index contributed by atoms with van der Waals surface area (Å²) >= 11 is 0. The van der Waals surface area contributed by atoms with E-state index >= 15 is 13.3 Å². The van der Waals surface area contributed by atoms with Crippen LogP contribution in [0.3, 0.4) is 0 Å². The predicted molar refractivity (Wildman–Crippen MR) is 198 cm³/mol. The van der Waals surface area contributed by atoms with E-state index in [1.807, 2.05) is 12.1 Å². The van der Waals surface area contributed by atoms with E-state index in [1.54, 1.807) is 30.3 Å². The lowest BCUT2D eigenvalue weighted by Gasteiger charge is -2.37. The van der Waals surface area contributed by atoms with Crippen molar-refractivity contribution in [1.82, 2.24) is 39.0 Å². The maximum Gasteiger partial charge on any atom is 0.475 e. The number of phosphoric acid groups is 1. The number of phosphoric ester groups is 1. The summed E-state index contributed by atoms with van der Waals surface area (Å²) in [6.45, 7) is -1.62. The van der Waals surface area contributed by atoms with Crippen molar-refractivity contribution in [3.05, 3.63) is 71.6 Å². The van der Waals surface area contributed by atoms with Crippen LogP contribution in [0, 0.1) is 22.7 Å². The summed E-state index contributed by atoms with van der Waals surface area (Å²) in [5.41, 5.74) is -0.545. The molecule has 5 aromatic rings. The molecule has 3 saturated heterocycles. The van der Waals surface area contributed by atoms with Gasteiger partial charge in [-0.1, -0.05) is 18.2 Å². The first-order chi connectivity index (χ1) is 28.9. The van der Waals surface area contributed by atoms with E-state index in [0.717, 1.165) is 41.4 Å². The lowest BCUT2D eigenvalue weighted by Crippen LogP contribution is -2.46. The second-order valence-corrected chi connectivity index (χ2v) is 17.8. The molecule has 3 fully saturated rings. The third-order valence-corrected chi connectivity index (χ3v) is 14.3. The molecule has 2 N–H and O–H groups in total. The number of nitriles is 2. The quantitative estimate of drug-likeness (QED) is 0.148. The molecule has 60 heavy (non-hydrogen) atoms. The molecule has 3 aliphatic heterocycles. The number of rotatable bonds is 10. The molecule has 0 aliphatic carbocycles. The molecule has 10 atom stereocenters. The van der Waals surface area contributed by atoms with Crippen LogP contribution in [0.2, 0.25) is 0 Å². The molecular formula is C34H33F2N11O11P2. The van der Waals surface area contributed by atoms with Crippen molar-refractivity contribution in [3.8, 4) is 12.1 Å². The van der Waals surface area contributed by atoms with Gasteiger partial charge in [0, 0.05) is 5.56 Å². The zero-order valence-electron chi connectivity index (χ0n) is 31.1. The topological polar surface area (TPSA) is 283 Å². The molecule has 3 aliphatic rings. The molecule has 1 amide bonds. The van der Waals surface area contributed by atoms with Crippen molar-refractivity contribution < 1.29 is 54.8 Å². The predicted octanol–water partition coefficient (Wildman–Crippen LogP) is 4.04. The number of nitrogens with one attached hydrogen (secondary N) is 2. The molecule has 314 valence electrons. The van der Waals surface area contributed by atoms with Gasteiger partial charge >= 0.3 is 15.4 Å². The van der Waals surface area contributed by atoms with Gasteiger partial charge in [0.1, 0.15) is 29.8 Å². The second-order valence-electron chi connectivity index (χ2n) is 13.7. The minimum absolute atomic E-state index is 0.00839. The number of halogens is 2. The van der Waals surface area contributed by atoms with Crippen LogP contribution in [0.25, 0.3) is 22.3 Å².